The van der Waals surface area contributed by atoms with Crippen LogP contribution in [0.4, 0.5) is 16.3 Å². The van der Waals surface area contributed by atoms with Gasteiger partial charge in [-0.2, -0.15) is 5.10 Å². The molecular weight excluding hydrogens is 288 g/mol. The lowest BCUT2D eigenvalue weighted by atomic mass is 9.92. The predicted octanol–water partition coefficient (Wildman–Crippen LogP) is 4.31. The summed E-state index contributed by atoms with van der Waals surface area (Å²) in [6.45, 7) is 8.11. The number of urea groups is 1. The molecule has 0 radical (unpaired) electrons. The van der Waals surface area contributed by atoms with Crippen LogP contribution in [0.5, 0.6) is 0 Å². The summed E-state index contributed by atoms with van der Waals surface area (Å²) >= 11 is 6.02. The summed E-state index contributed by atoms with van der Waals surface area (Å²) in [6.07, 6.45) is 0. The van der Waals surface area contributed by atoms with Crippen molar-refractivity contribution in [3.8, 4) is 0 Å². The Morgan fingerprint density at radius 3 is 2.52 bits per heavy atom. The van der Waals surface area contributed by atoms with Gasteiger partial charge >= 0.3 is 6.03 Å². The van der Waals surface area contributed by atoms with Crippen LogP contribution in [0.15, 0.2) is 24.3 Å². The molecule has 2 aromatic rings. The van der Waals surface area contributed by atoms with Crippen LogP contribution >= 0.6 is 11.6 Å². The van der Waals surface area contributed by atoms with Gasteiger partial charge in [0, 0.05) is 27.9 Å². The van der Waals surface area contributed by atoms with Crippen LogP contribution in [0, 0.1) is 6.92 Å². The number of nitrogens with zero attached hydrogens (tertiary/aromatic N) is 1. The number of amides is 2. The van der Waals surface area contributed by atoms with E-state index < -0.39 is 0 Å². The van der Waals surface area contributed by atoms with Crippen LogP contribution in [0.3, 0.4) is 0 Å². The molecule has 3 N–H and O–H groups in total. The lowest BCUT2D eigenvalue weighted by molar-refractivity contribution is 0.262. The fraction of sp³-hybridized carbons (Fsp3) is 0.333. The predicted molar refractivity (Wildman–Crippen MR) is 86.1 cm³/mol. The van der Waals surface area contributed by atoms with Gasteiger partial charge in [-0.3, -0.25) is 10.4 Å². The molecule has 0 aliphatic heterocycles. The van der Waals surface area contributed by atoms with Crippen molar-refractivity contribution >= 4 is 29.1 Å². The number of nitrogens with one attached hydrogen (secondary N) is 3. The van der Waals surface area contributed by atoms with Gasteiger partial charge in [0.15, 0.2) is 5.82 Å². The smallest absolute Gasteiger partial charge is 0.308 e. The number of aromatic amines is 1. The number of aryl methyl sites for hydroxylation is 1. The second-order valence-electron chi connectivity index (χ2n) is 5.96. The van der Waals surface area contributed by atoms with Crippen LogP contribution in [0.2, 0.25) is 5.02 Å². The Morgan fingerprint density at radius 2 is 1.95 bits per heavy atom. The number of benzene rings is 1. The molecule has 0 bridgehead atoms. The van der Waals surface area contributed by atoms with Crippen molar-refractivity contribution in [3.05, 3.63) is 40.5 Å². The molecule has 21 heavy (non-hydrogen) atoms. The van der Waals surface area contributed by atoms with Crippen LogP contribution in [-0.2, 0) is 5.41 Å². The summed E-state index contributed by atoms with van der Waals surface area (Å²) in [7, 11) is 0. The zero-order chi connectivity index (χ0) is 15.6. The molecule has 5 nitrogen and oxygen atoms in total. The SMILES string of the molecule is Cc1ccc(NC(=O)Nc2cc(C(C)(C)C)[nH]n2)cc1Cl. The Labute approximate surface area is 129 Å². The highest BCUT2D eigenvalue weighted by atomic mass is 35.5. The average Bonchev–Trinajstić information content (AvgIpc) is 2.82. The van der Waals surface area contributed by atoms with Crippen molar-refractivity contribution in [2.75, 3.05) is 10.6 Å². The van der Waals surface area contributed by atoms with Gasteiger partial charge < -0.3 is 5.32 Å². The molecule has 6 heteroatoms. The largest absolute Gasteiger partial charge is 0.324 e. The molecule has 0 aliphatic rings. The summed E-state index contributed by atoms with van der Waals surface area (Å²) in [6, 6.07) is 6.82. The fourth-order valence-corrected chi connectivity index (χ4v) is 1.90. The third-order valence-electron chi connectivity index (χ3n) is 3.06. The lowest BCUT2D eigenvalue weighted by Gasteiger charge is -2.14. The quantitative estimate of drug-likeness (QED) is 0.773. The number of carbonyl (C=O) groups excluding carboxylic acids is 1. The minimum absolute atomic E-state index is 0.0477. The highest BCUT2D eigenvalue weighted by molar-refractivity contribution is 6.31. The first kappa shape index (κ1) is 15.4. The van der Waals surface area contributed by atoms with Crippen molar-refractivity contribution in [2.45, 2.75) is 33.1 Å². The number of carbonyl (C=O) groups is 1. The zero-order valence-electron chi connectivity index (χ0n) is 12.5. The summed E-state index contributed by atoms with van der Waals surface area (Å²) < 4.78 is 0. The Balaban J connectivity index is 2.01. The number of H-pyrrole nitrogens is 1. The van der Waals surface area contributed by atoms with Gasteiger partial charge in [-0.25, -0.2) is 4.79 Å². The normalized spacial score (nSPS) is 11.3. The van der Waals surface area contributed by atoms with E-state index in [9.17, 15) is 4.79 Å². The van der Waals surface area contributed by atoms with Gasteiger partial charge in [0.05, 0.1) is 0 Å². The number of anilines is 2. The van der Waals surface area contributed by atoms with Gasteiger partial charge in [0.1, 0.15) is 0 Å². The maximum atomic E-state index is 11.9. The first-order chi connectivity index (χ1) is 9.75. The molecule has 2 amide bonds. The molecule has 0 saturated carbocycles. The highest BCUT2D eigenvalue weighted by Gasteiger charge is 2.17. The summed E-state index contributed by atoms with van der Waals surface area (Å²) in [5, 5.41) is 13.0. The average molecular weight is 307 g/mol. The summed E-state index contributed by atoms with van der Waals surface area (Å²) in [5.74, 6) is 0.482. The minimum atomic E-state index is -0.359. The topological polar surface area (TPSA) is 69.8 Å². The molecule has 1 heterocycles. The van der Waals surface area contributed by atoms with E-state index >= 15 is 0 Å². The molecule has 0 spiro atoms. The second-order valence-corrected chi connectivity index (χ2v) is 6.37. The number of hydrogen-bond donors (Lipinski definition) is 3. The van der Waals surface area contributed by atoms with Crippen LogP contribution in [0.1, 0.15) is 32.0 Å². The van der Waals surface area contributed by atoms with Crippen LogP contribution in [0.25, 0.3) is 0 Å². The number of rotatable bonds is 2. The zero-order valence-corrected chi connectivity index (χ0v) is 13.3. The van der Waals surface area contributed by atoms with E-state index in [0.29, 0.717) is 16.5 Å². The second kappa shape index (κ2) is 5.77. The molecular formula is C15H19ClN4O. The molecule has 0 aliphatic carbocycles. The standard InChI is InChI=1S/C15H19ClN4O/c1-9-5-6-10(7-11(9)16)17-14(21)18-13-8-12(19-20-13)15(2,3)4/h5-8H,1-4H3,(H3,17,18,19,20,21). The molecule has 1 aromatic heterocycles. The Hall–Kier alpha value is -2.01. The van der Waals surface area contributed by atoms with E-state index in [2.05, 4.69) is 41.6 Å². The summed E-state index contributed by atoms with van der Waals surface area (Å²) in [4.78, 5) is 11.9. The van der Waals surface area contributed by atoms with Crippen molar-refractivity contribution in [2.24, 2.45) is 0 Å². The molecule has 0 atom stereocenters. The van der Waals surface area contributed by atoms with E-state index in [1.807, 2.05) is 19.1 Å². The first-order valence-corrected chi connectivity index (χ1v) is 7.03. The third-order valence-corrected chi connectivity index (χ3v) is 3.46. The van der Waals surface area contributed by atoms with E-state index in [1.54, 1.807) is 12.1 Å². The Morgan fingerprint density at radius 1 is 1.24 bits per heavy atom. The molecule has 0 saturated heterocycles. The first-order valence-electron chi connectivity index (χ1n) is 6.66. The number of halogens is 1. The minimum Gasteiger partial charge on any atom is -0.308 e. The monoisotopic (exact) mass is 306 g/mol. The van der Waals surface area contributed by atoms with E-state index in [-0.39, 0.29) is 11.4 Å². The van der Waals surface area contributed by atoms with E-state index in [1.165, 1.54) is 0 Å². The molecule has 0 unspecified atom stereocenters. The molecule has 1 aromatic carbocycles. The van der Waals surface area contributed by atoms with Crippen molar-refractivity contribution in [3.63, 3.8) is 0 Å². The van der Waals surface area contributed by atoms with E-state index in [4.69, 9.17) is 11.6 Å². The summed E-state index contributed by atoms with van der Waals surface area (Å²) in [5.41, 5.74) is 2.50. The van der Waals surface area contributed by atoms with Crippen LogP contribution in [-0.4, -0.2) is 16.2 Å². The lowest BCUT2D eigenvalue weighted by Crippen LogP contribution is -2.19. The third kappa shape index (κ3) is 3.98. The van der Waals surface area contributed by atoms with Crippen LogP contribution < -0.4 is 10.6 Å². The molecule has 0 fully saturated rings. The number of aromatic nitrogens is 2. The molecule has 112 valence electrons. The maximum Gasteiger partial charge on any atom is 0.324 e. The maximum absolute atomic E-state index is 11.9. The van der Waals surface area contributed by atoms with Gasteiger partial charge in [-0.05, 0) is 24.6 Å². The van der Waals surface area contributed by atoms with E-state index in [0.717, 1.165) is 11.3 Å². The van der Waals surface area contributed by atoms with Gasteiger partial charge in [0.2, 0.25) is 0 Å². The van der Waals surface area contributed by atoms with Crippen molar-refractivity contribution in [1.82, 2.24) is 10.2 Å². The van der Waals surface area contributed by atoms with Gasteiger partial charge in [-0.1, -0.05) is 38.4 Å². The van der Waals surface area contributed by atoms with Crippen molar-refractivity contribution < 1.29 is 4.79 Å². The molecule has 2 rings (SSSR count). The van der Waals surface area contributed by atoms with Crippen molar-refractivity contribution in [1.29, 1.82) is 0 Å². The Kier molecular flexibility index (Phi) is 4.23. The Bertz CT molecular complexity index is 658. The van der Waals surface area contributed by atoms with Gasteiger partial charge in [-0.15, -0.1) is 0 Å². The number of hydrogen-bond acceptors (Lipinski definition) is 2. The van der Waals surface area contributed by atoms with Gasteiger partial charge in [0.25, 0.3) is 0 Å². The fourth-order valence-electron chi connectivity index (χ4n) is 1.72. The highest BCUT2D eigenvalue weighted by Crippen LogP contribution is 2.22.